The van der Waals surface area contributed by atoms with E-state index in [1.165, 1.54) is 0 Å². The second-order valence-electron chi connectivity index (χ2n) is 5.51. The van der Waals surface area contributed by atoms with Crippen LogP contribution in [-0.4, -0.2) is 9.13 Å². The topological polar surface area (TPSA) is 9.86 Å². The molecular formula is C18H14N2S2-2. The third-order valence-electron chi connectivity index (χ3n) is 4.35. The summed E-state index contributed by atoms with van der Waals surface area (Å²) in [6.45, 7) is 0. The van der Waals surface area contributed by atoms with E-state index in [0.29, 0.717) is 0 Å². The maximum Gasteiger partial charge on any atom is 0.0467 e. The third-order valence-corrected chi connectivity index (χ3v) is 5.17. The average Bonchev–Trinajstić information content (AvgIpc) is 2.94. The van der Waals surface area contributed by atoms with Crippen molar-refractivity contribution in [2.75, 3.05) is 0 Å². The Bertz CT molecular complexity index is 863. The first kappa shape index (κ1) is 13.6. The number of para-hydroxylation sites is 2. The van der Waals surface area contributed by atoms with Gasteiger partial charge in [-0.1, -0.05) is 36.4 Å². The van der Waals surface area contributed by atoms with Crippen LogP contribution in [0.5, 0.6) is 0 Å². The highest BCUT2D eigenvalue weighted by molar-refractivity contribution is 7.59. The van der Waals surface area contributed by atoms with Crippen LogP contribution in [0.2, 0.25) is 0 Å². The molecule has 2 nitrogen and oxygen atoms in total. The van der Waals surface area contributed by atoms with Gasteiger partial charge in [-0.2, -0.15) is 0 Å². The summed E-state index contributed by atoms with van der Waals surface area (Å²) in [7, 11) is 4.11. The van der Waals surface area contributed by atoms with E-state index in [4.69, 9.17) is 25.3 Å². The molecule has 2 aromatic heterocycles. The number of hydrogen-bond donors (Lipinski definition) is 0. The number of nitrogens with zero attached hydrogens (tertiary/aromatic N) is 2. The van der Waals surface area contributed by atoms with Crippen molar-refractivity contribution < 1.29 is 0 Å². The normalized spacial score (nSPS) is 11.5. The zero-order valence-corrected chi connectivity index (χ0v) is 14.0. The van der Waals surface area contributed by atoms with Gasteiger partial charge in [-0.05, 0) is 22.9 Å². The zero-order valence-electron chi connectivity index (χ0n) is 12.3. The molecule has 0 saturated heterocycles. The van der Waals surface area contributed by atoms with Crippen LogP contribution in [0.25, 0.3) is 33.2 Å². The lowest BCUT2D eigenvalue weighted by atomic mass is 10.2. The lowest BCUT2D eigenvalue weighted by Gasteiger charge is -2.17. The molecule has 0 bridgehead atoms. The third kappa shape index (κ3) is 1.65. The maximum absolute atomic E-state index is 5.74. The first-order valence-electron chi connectivity index (χ1n) is 7.10. The van der Waals surface area contributed by atoms with Crippen LogP contribution >= 0.6 is 0 Å². The van der Waals surface area contributed by atoms with Gasteiger partial charge in [-0.15, -0.1) is 9.79 Å². The summed E-state index contributed by atoms with van der Waals surface area (Å²) in [5.41, 5.74) is 4.34. The Hall–Kier alpha value is -2.04. The van der Waals surface area contributed by atoms with Crippen LogP contribution in [0.15, 0.2) is 58.3 Å². The molecule has 2 heterocycles. The number of fused-ring (bicyclic) bond motifs is 2. The predicted octanol–water partition coefficient (Wildman–Crippen LogP) is 4.15. The van der Waals surface area contributed by atoms with E-state index in [1.807, 2.05) is 24.3 Å². The van der Waals surface area contributed by atoms with E-state index < -0.39 is 0 Å². The molecule has 0 N–H and O–H groups in total. The monoisotopic (exact) mass is 322 g/mol. The fourth-order valence-corrected chi connectivity index (χ4v) is 4.06. The van der Waals surface area contributed by atoms with Crippen LogP contribution in [0.4, 0.5) is 0 Å². The molecule has 4 aromatic rings. The Morgan fingerprint density at radius 1 is 0.636 bits per heavy atom. The minimum absolute atomic E-state index is 0.870. The van der Waals surface area contributed by atoms with Gasteiger partial charge >= 0.3 is 0 Å². The smallest absolute Gasteiger partial charge is 0.0467 e. The molecule has 0 unspecified atom stereocenters. The van der Waals surface area contributed by atoms with Crippen molar-refractivity contribution >= 4 is 47.1 Å². The van der Waals surface area contributed by atoms with Gasteiger partial charge in [0.25, 0.3) is 0 Å². The number of aryl methyl sites for hydroxylation is 2. The van der Waals surface area contributed by atoms with Crippen molar-refractivity contribution in [2.45, 2.75) is 9.79 Å². The van der Waals surface area contributed by atoms with E-state index in [1.54, 1.807) is 0 Å². The zero-order chi connectivity index (χ0) is 15.4. The Kier molecular flexibility index (Phi) is 2.93. The lowest BCUT2D eigenvalue weighted by molar-refractivity contribution is 0.906. The summed E-state index contributed by atoms with van der Waals surface area (Å²) in [5, 5.41) is 2.21. The van der Waals surface area contributed by atoms with Crippen molar-refractivity contribution in [1.82, 2.24) is 9.13 Å². The molecule has 0 spiro atoms. The van der Waals surface area contributed by atoms with Gasteiger partial charge in [0.15, 0.2) is 0 Å². The molecule has 0 aliphatic carbocycles. The Labute approximate surface area is 140 Å². The van der Waals surface area contributed by atoms with Gasteiger partial charge in [-0.3, -0.25) is 0 Å². The highest BCUT2D eigenvalue weighted by Gasteiger charge is 2.14. The molecule has 4 rings (SSSR count). The van der Waals surface area contributed by atoms with Crippen molar-refractivity contribution in [3.63, 3.8) is 0 Å². The first-order chi connectivity index (χ1) is 10.6. The van der Waals surface area contributed by atoms with Crippen molar-refractivity contribution in [3.8, 4) is 11.4 Å². The minimum atomic E-state index is 0.870. The molecule has 2 aromatic carbocycles. The summed E-state index contributed by atoms with van der Waals surface area (Å²) < 4.78 is 4.31. The Morgan fingerprint density at radius 3 is 1.36 bits per heavy atom. The number of aromatic nitrogens is 2. The number of rotatable bonds is 1. The van der Waals surface area contributed by atoms with Crippen molar-refractivity contribution in [1.29, 1.82) is 0 Å². The summed E-state index contributed by atoms with van der Waals surface area (Å²) in [6.07, 6.45) is 0. The largest absolute Gasteiger partial charge is 0.777 e. The van der Waals surface area contributed by atoms with Gasteiger partial charge in [0.2, 0.25) is 0 Å². The molecule has 4 heteroatoms. The molecule has 110 valence electrons. The summed E-state index contributed by atoms with van der Waals surface area (Å²) >= 11 is 11.5. The predicted molar refractivity (Wildman–Crippen MR) is 96.1 cm³/mol. The quantitative estimate of drug-likeness (QED) is 0.487. The average molecular weight is 322 g/mol. The summed E-state index contributed by atoms with van der Waals surface area (Å²) in [5.74, 6) is 0. The molecule has 0 atom stereocenters. The Balaban J connectivity index is 2.17. The van der Waals surface area contributed by atoms with Gasteiger partial charge in [0.1, 0.15) is 0 Å². The maximum atomic E-state index is 5.74. The molecular weight excluding hydrogens is 308 g/mol. The lowest BCUT2D eigenvalue weighted by Crippen LogP contribution is -1.99. The van der Waals surface area contributed by atoms with Crippen LogP contribution in [0.1, 0.15) is 0 Å². The molecule has 0 radical (unpaired) electrons. The SMILES string of the molecule is Cn1c(-c2c([S-])c3ccccc3n2C)c([S-])c2ccccc21. The number of benzene rings is 2. The van der Waals surface area contributed by atoms with Gasteiger partial charge in [0.05, 0.1) is 0 Å². The van der Waals surface area contributed by atoms with Gasteiger partial charge in [-0.25, -0.2) is 0 Å². The second-order valence-corrected chi connectivity index (χ2v) is 6.32. The van der Waals surface area contributed by atoms with Crippen LogP contribution < -0.4 is 0 Å². The fraction of sp³-hybridized carbons (Fsp3) is 0.111. The van der Waals surface area contributed by atoms with Crippen LogP contribution in [0.3, 0.4) is 0 Å². The van der Waals surface area contributed by atoms with Gasteiger partial charge in [0, 0.05) is 36.5 Å². The van der Waals surface area contributed by atoms with Gasteiger partial charge < -0.3 is 34.4 Å². The highest BCUT2D eigenvalue weighted by atomic mass is 32.1. The summed E-state index contributed by atoms with van der Waals surface area (Å²) in [4.78, 5) is 1.74. The molecule has 0 amide bonds. The van der Waals surface area contributed by atoms with Crippen LogP contribution in [-0.2, 0) is 39.4 Å². The van der Waals surface area contributed by atoms with E-state index in [9.17, 15) is 0 Å². The molecule has 0 aliphatic rings. The summed E-state index contributed by atoms with van der Waals surface area (Å²) in [6, 6.07) is 16.5. The first-order valence-corrected chi connectivity index (χ1v) is 7.92. The molecule has 22 heavy (non-hydrogen) atoms. The van der Waals surface area contributed by atoms with E-state index in [-0.39, 0.29) is 0 Å². The molecule has 0 saturated carbocycles. The number of hydrogen-bond acceptors (Lipinski definition) is 2. The van der Waals surface area contributed by atoms with E-state index in [0.717, 1.165) is 43.0 Å². The Morgan fingerprint density at radius 2 is 1.00 bits per heavy atom. The van der Waals surface area contributed by atoms with Crippen molar-refractivity contribution in [3.05, 3.63) is 48.5 Å². The van der Waals surface area contributed by atoms with E-state index >= 15 is 0 Å². The molecule has 0 aliphatic heterocycles. The highest BCUT2D eigenvalue weighted by Crippen LogP contribution is 2.38. The van der Waals surface area contributed by atoms with Crippen LogP contribution in [0, 0.1) is 0 Å². The van der Waals surface area contributed by atoms with Crippen molar-refractivity contribution in [2.24, 2.45) is 14.1 Å². The fourth-order valence-electron chi connectivity index (χ4n) is 3.25. The van der Waals surface area contributed by atoms with E-state index in [2.05, 4.69) is 47.5 Å². The standard InChI is InChI=1S/C18H16N2S2/c1-19-13-9-5-3-7-11(13)17(21)15(19)16-18(22)12-8-4-6-10-14(12)20(16)2/h3-10,21-22H,1-2H3/p-2. The minimum Gasteiger partial charge on any atom is -0.777 e. The molecule has 0 fully saturated rings. The second kappa shape index (κ2) is 4.73.